The summed E-state index contributed by atoms with van der Waals surface area (Å²) >= 11 is 0. The van der Waals surface area contributed by atoms with Crippen LogP contribution in [0.4, 0.5) is 0 Å². The Balaban J connectivity index is 2.39. The minimum Gasteiger partial charge on any atom is -0.451 e. The Bertz CT molecular complexity index is 330. The lowest BCUT2D eigenvalue weighted by Gasteiger charge is -2.19. The van der Waals surface area contributed by atoms with Gasteiger partial charge in [-0.25, -0.2) is 4.79 Å². The van der Waals surface area contributed by atoms with Gasteiger partial charge in [-0.15, -0.1) is 0 Å². The molecule has 0 aromatic rings. The van der Waals surface area contributed by atoms with Crippen molar-refractivity contribution in [3.05, 3.63) is 15.6 Å². The summed E-state index contributed by atoms with van der Waals surface area (Å²) in [4.78, 5) is 22.6. The number of hydrogen-bond donors (Lipinski definition) is 0. The summed E-state index contributed by atoms with van der Waals surface area (Å²) in [5.41, 5.74) is 8.25. The van der Waals surface area contributed by atoms with Gasteiger partial charge >= 0.3 is 11.8 Å². The van der Waals surface area contributed by atoms with Gasteiger partial charge in [0.2, 0.25) is 0 Å². The minimum absolute atomic E-state index is 0.158. The summed E-state index contributed by atoms with van der Waals surface area (Å²) < 4.78 is 4.72. The van der Waals surface area contributed by atoms with E-state index >= 15 is 0 Å². The number of nitro groups is 1. The van der Waals surface area contributed by atoms with Crippen LogP contribution in [0.15, 0.2) is 0 Å². The Kier molecular flexibility index (Phi) is 4.60. The quantitative estimate of drug-likeness (QED) is 0.133. The minimum atomic E-state index is -1.18. The van der Waals surface area contributed by atoms with Crippen LogP contribution in [-0.4, -0.2) is 28.1 Å². The average molecular weight is 227 g/mol. The van der Waals surface area contributed by atoms with Crippen LogP contribution in [0.5, 0.6) is 0 Å². The van der Waals surface area contributed by atoms with Crippen molar-refractivity contribution >= 4 is 11.8 Å². The van der Waals surface area contributed by atoms with Crippen molar-refractivity contribution < 1.29 is 19.2 Å². The molecule has 1 aliphatic rings. The van der Waals surface area contributed by atoms with Crippen molar-refractivity contribution in [3.8, 4) is 0 Å². The van der Waals surface area contributed by atoms with Gasteiger partial charge < -0.3 is 10.3 Å². The van der Waals surface area contributed by atoms with E-state index in [-0.39, 0.29) is 12.5 Å². The zero-order valence-electron chi connectivity index (χ0n) is 8.79. The van der Waals surface area contributed by atoms with Crippen LogP contribution in [0.1, 0.15) is 32.1 Å². The zero-order chi connectivity index (χ0) is 12.0. The van der Waals surface area contributed by atoms with Crippen molar-refractivity contribution in [3.63, 3.8) is 0 Å². The third-order valence-corrected chi connectivity index (χ3v) is 2.63. The Morgan fingerprint density at radius 2 is 2.06 bits per heavy atom. The molecule has 0 aromatic heterocycles. The number of nitrogens with zero attached hydrogens (tertiary/aromatic N) is 3. The second-order valence-electron chi connectivity index (χ2n) is 3.78. The van der Waals surface area contributed by atoms with Gasteiger partial charge in [0, 0.05) is 0 Å². The van der Waals surface area contributed by atoms with Crippen LogP contribution in [0.2, 0.25) is 0 Å². The molecule has 7 nitrogen and oxygen atoms in total. The molecule has 0 radical (unpaired) electrons. The predicted octanol–water partition coefficient (Wildman–Crippen LogP) is 1.01. The van der Waals surface area contributed by atoms with Gasteiger partial charge in [-0.1, -0.05) is 24.1 Å². The highest BCUT2D eigenvalue weighted by molar-refractivity contribution is 6.28. The summed E-state index contributed by atoms with van der Waals surface area (Å²) in [6.45, 7) is 0.158. The van der Waals surface area contributed by atoms with Crippen LogP contribution in [0.3, 0.4) is 0 Å². The topological polar surface area (TPSA) is 106 Å². The molecule has 16 heavy (non-hydrogen) atoms. The molecule has 0 aromatic carbocycles. The molecule has 88 valence electrons. The molecular weight excluding hydrogens is 214 g/mol. The van der Waals surface area contributed by atoms with E-state index in [9.17, 15) is 14.9 Å². The van der Waals surface area contributed by atoms with E-state index < -0.39 is 16.7 Å². The van der Waals surface area contributed by atoms with Gasteiger partial charge in [0.25, 0.3) is 0 Å². The Hall–Kier alpha value is -1.75. The first-order valence-corrected chi connectivity index (χ1v) is 5.18. The van der Waals surface area contributed by atoms with E-state index in [1.54, 1.807) is 0 Å². The molecule has 0 aliphatic heterocycles. The van der Waals surface area contributed by atoms with Crippen LogP contribution >= 0.6 is 0 Å². The van der Waals surface area contributed by atoms with Gasteiger partial charge in [0.1, 0.15) is 0 Å². The summed E-state index contributed by atoms with van der Waals surface area (Å²) in [5, 5.41) is 10.2. The van der Waals surface area contributed by atoms with Gasteiger partial charge in [-0.2, -0.15) is 0 Å². The average Bonchev–Trinajstić information content (AvgIpc) is 2.28. The monoisotopic (exact) mass is 227 g/mol. The molecule has 1 rings (SSSR count). The fourth-order valence-corrected chi connectivity index (χ4v) is 1.76. The molecule has 0 heterocycles. The number of ether oxygens (including phenoxy) is 1. The molecule has 0 N–H and O–H groups in total. The van der Waals surface area contributed by atoms with E-state index in [1.165, 1.54) is 6.42 Å². The molecule has 0 bridgehead atoms. The van der Waals surface area contributed by atoms with Crippen molar-refractivity contribution in [1.82, 2.24) is 0 Å². The van der Waals surface area contributed by atoms with Gasteiger partial charge in [-0.3, -0.25) is 10.1 Å². The van der Waals surface area contributed by atoms with Gasteiger partial charge in [0.05, 0.1) is 6.61 Å². The van der Waals surface area contributed by atoms with Crippen molar-refractivity contribution in [2.24, 2.45) is 5.92 Å². The first-order chi connectivity index (χ1) is 7.65. The Labute approximate surface area is 92.2 Å². The molecule has 0 saturated heterocycles. The van der Waals surface area contributed by atoms with Crippen LogP contribution in [0, 0.1) is 16.0 Å². The molecule has 0 spiro atoms. The van der Waals surface area contributed by atoms with Gasteiger partial charge in [0.15, 0.2) is 4.92 Å². The lowest BCUT2D eigenvalue weighted by Crippen LogP contribution is -2.28. The number of esters is 1. The highest BCUT2D eigenvalue weighted by Gasteiger charge is 2.37. The van der Waals surface area contributed by atoms with Gasteiger partial charge in [-0.05, 0) is 18.8 Å². The Morgan fingerprint density at radius 3 is 2.56 bits per heavy atom. The second-order valence-corrected chi connectivity index (χ2v) is 3.78. The zero-order valence-corrected chi connectivity index (χ0v) is 8.79. The highest BCUT2D eigenvalue weighted by atomic mass is 16.6. The molecule has 0 amide bonds. The summed E-state index contributed by atoms with van der Waals surface area (Å²) in [6.07, 6.45) is 5.31. The Morgan fingerprint density at radius 1 is 1.44 bits per heavy atom. The number of hydrogen-bond acceptors (Lipinski definition) is 4. The SMILES string of the molecule is [N-]=[N+]=C(C(=O)OCC1CCCCC1)[N+](=O)[O-]. The van der Waals surface area contributed by atoms with E-state index in [4.69, 9.17) is 10.3 Å². The fourth-order valence-electron chi connectivity index (χ4n) is 1.76. The predicted molar refractivity (Wildman–Crippen MR) is 53.2 cm³/mol. The summed E-state index contributed by atoms with van der Waals surface area (Å²) in [5.74, 6) is -2.08. The fraction of sp³-hybridized carbons (Fsp3) is 0.778. The lowest BCUT2D eigenvalue weighted by atomic mass is 9.90. The van der Waals surface area contributed by atoms with Crippen LogP contribution in [-0.2, 0) is 9.53 Å². The maximum Gasteiger partial charge on any atom is 0.690 e. The normalized spacial score (nSPS) is 16.2. The maximum absolute atomic E-state index is 11.1. The largest absolute Gasteiger partial charge is 0.690 e. The van der Waals surface area contributed by atoms with Crippen LogP contribution in [0.25, 0.3) is 5.53 Å². The smallest absolute Gasteiger partial charge is 0.451 e. The standard InChI is InChI=1S/C9H13N3O4/c10-11-8(12(14)15)9(13)16-6-7-4-2-1-3-5-7/h7H,1-6H2. The van der Waals surface area contributed by atoms with Crippen molar-refractivity contribution in [2.45, 2.75) is 32.1 Å². The number of carbonyl (C=O) groups is 1. The molecule has 1 fully saturated rings. The summed E-state index contributed by atoms with van der Waals surface area (Å²) in [6, 6.07) is 0. The number of rotatable bonds is 2. The van der Waals surface area contributed by atoms with Crippen molar-refractivity contribution in [2.75, 3.05) is 6.61 Å². The van der Waals surface area contributed by atoms with Crippen LogP contribution < -0.4 is 0 Å². The maximum atomic E-state index is 11.1. The molecule has 0 unspecified atom stereocenters. The molecule has 1 saturated carbocycles. The third kappa shape index (κ3) is 3.43. The molecule has 0 atom stereocenters. The molecular formula is C9H13N3O4. The van der Waals surface area contributed by atoms with E-state index in [2.05, 4.69) is 4.79 Å². The van der Waals surface area contributed by atoms with E-state index in [0.717, 1.165) is 25.7 Å². The lowest BCUT2D eigenvalue weighted by molar-refractivity contribution is -0.383. The summed E-state index contributed by atoms with van der Waals surface area (Å²) in [7, 11) is 0. The molecule has 1 aliphatic carbocycles. The number of carbonyl (C=O) groups excluding carboxylic acids is 1. The number of amidine groups is 1. The molecule has 7 heteroatoms. The van der Waals surface area contributed by atoms with E-state index in [0.29, 0.717) is 0 Å². The van der Waals surface area contributed by atoms with E-state index in [1.807, 2.05) is 0 Å². The second kappa shape index (κ2) is 5.97. The first-order valence-electron chi connectivity index (χ1n) is 5.18. The van der Waals surface area contributed by atoms with Crippen molar-refractivity contribution in [1.29, 1.82) is 0 Å². The highest BCUT2D eigenvalue weighted by Crippen LogP contribution is 2.23. The third-order valence-electron chi connectivity index (χ3n) is 2.63. The first kappa shape index (κ1) is 12.3.